The van der Waals surface area contributed by atoms with Crippen molar-refractivity contribution in [3.63, 3.8) is 0 Å². The average molecular weight is 279 g/mol. The first-order valence-corrected chi connectivity index (χ1v) is 7.57. The SMILES string of the molecule is CCOc1cccc(CNC2CC2)c1OCCCCO. The molecule has 0 saturated heterocycles. The zero-order chi connectivity index (χ0) is 14.2. The lowest BCUT2D eigenvalue weighted by Gasteiger charge is -2.16. The average Bonchev–Trinajstić information content (AvgIpc) is 3.27. The number of nitrogens with one attached hydrogen (secondary N) is 1. The Morgan fingerprint density at radius 2 is 2.10 bits per heavy atom. The fourth-order valence-electron chi connectivity index (χ4n) is 2.06. The van der Waals surface area contributed by atoms with Gasteiger partial charge in [0.25, 0.3) is 0 Å². The highest BCUT2D eigenvalue weighted by molar-refractivity contribution is 5.46. The molecule has 1 aliphatic rings. The Labute approximate surface area is 121 Å². The molecule has 0 atom stereocenters. The normalized spacial score (nSPS) is 14.3. The number of aliphatic hydroxyl groups is 1. The van der Waals surface area contributed by atoms with Crippen molar-refractivity contribution in [2.45, 2.75) is 45.2 Å². The summed E-state index contributed by atoms with van der Waals surface area (Å²) in [5.41, 5.74) is 1.15. The third kappa shape index (κ3) is 4.69. The van der Waals surface area contributed by atoms with Crippen LogP contribution in [0.5, 0.6) is 11.5 Å². The monoisotopic (exact) mass is 279 g/mol. The number of unbranched alkanes of at least 4 members (excludes halogenated alkanes) is 1. The quantitative estimate of drug-likeness (QED) is 0.646. The largest absolute Gasteiger partial charge is 0.490 e. The van der Waals surface area contributed by atoms with Crippen molar-refractivity contribution in [1.82, 2.24) is 5.32 Å². The molecule has 0 aromatic heterocycles. The zero-order valence-electron chi connectivity index (χ0n) is 12.2. The molecule has 112 valence electrons. The first-order valence-electron chi connectivity index (χ1n) is 7.57. The number of rotatable bonds is 10. The molecule has 0 heterocycles. The first-order chi connectivity index (χ1) is 9.85. The van der Waals surface area contributed by atoms with Crippen LogP contribution in [0, 0.1) is 0 Å². The van der Waals surface area contributed by atoms with E-state index < -0.39 is 0 Å². The van der Waals surface area contributed by atoms with Crippen LogP contribution in [0.3, 0.4) is 0 Å². The van der Waals surface area contributed by atoms with Gasteiger partial charge < -0.3 is 19.9 Å². The molecule has 1 aromatic carbocycles. The summed E-state index contributed by atoms with van der Waals surface area (Å²) in [5.74, 6) is 1.66. The van der Waals surface area contributed by atoms with E-state index in [2.05, 4.69) is 11.4 Å². The van der Waals surface area contributed by atoms with Gasteiger partial charge >= 0.3 is 0 Å². The Morgan fingerprint density at radius 1 is 1.25 bits per heavy atom. The minimum atomic E-state index is 0.215. The molecule has 4 nitrogen and oxygen atoms in total. The molecule has 0 radical (unpaired) electrons. The predicted molar refractivity (Wildman–Crippen MR) is 79.3 cm³/mol. The summed E-state index contributed by atoms with van der Waals surface area (Å²) < 4.78 is 11.6. The molecular formula is C16H25NO3. The Morgan fingerprint density at radius 3 is 2.80 bits per heavy atom. The van der Waals surface area contributed by atoms with Gasteiger partial charge in [0.2, 0.25) is 0 Å². The number of hydrogen-bond donors (Lipinski definition) is 2. The minimum absolute atomic E-state index is 0.215. The van der Waals surface area contributed by atoms with Gasteiger partial charge in [-0.3, -0.25) is 0 Å². The molecule has 20 heavy (non-hydrogen) atoms. The summed E-state index contributed by atoms with van der Waals surface area (Å²) in [7, 11) is 0. The third-order valence-electron chi connectivity index (χ3n) is 3.32. The van der Waals surface area contributed by atoms with Crippen LogP contribution in [-0.4, -0.2) is 31.0 Å². The zero-order valence-corrected chi connectivity index (χ0v) is 12.2. The van der Waals surface area contributed by atoms with E-state index in [4.69, 9.17) is 14.6 Å². The molecule has 0 spiro atoms. The highest BCUT2D eigenvalue weighted by Gasteiger charge is 2.21. The summed E-state index contributed by atoms with van der Waals surface area (Å²) in [6, 6.07) is 6.72. The van der Waals surface area contributed by atoms with Gasteiger partial charge in [-0.2, -0.15) is 0 Å². The molecule has 2 N–H and O–H groups in total. The van der Waals surface area contributed by atoms with E-state index >= 15 is 0 Å². The maximum atomic E-state index is 8.82. The molecule has 1 fully saturated rings. The van der Waals surface area contributed by atoms with Crippen LogP contribution in [-0.2, 0) is 6.54 Å². The summed E-state index contributed by atoms with van der Waals surface area (Å²) >= 11 is 0. The van der Waals surface area contributed by atoms with Crippen molar-refractivity contribution in [1.29, 1.82) is 0 Å². The first kappa shape index (κ1) is 15.1. The third-order valence-corrected chi connectivity index (χ3v) is 3.32. The van der Waals surface area contributed by atoms with Gasteiger partial charge in [0, 0.05) is 24.8 Å². The lowest BCUT2D eigenvalue weighted by Crippen LogP contribution is -2.16. The molecule has 1 aromatic rings. The number of hydrogen-bond acceptors (Lipinski definition) is 4. The maximum absolute atomic E-state index is 8.82. The van der Waals surface area contributed by atoms with Gasteiger partial charge in [0.05, 0.1) is 13.2 Å². The van der Waals surface area contributed by atoms with E-state index in [-0.39, 0.29) is 6.61 Å². The fraction of sp³-hybridized carbons (Fsp3) is 0.625. The van der Waals surface area contributed by atoms with E-state index in [1.165, 1.54) is 12.8 Å². The van der Waals surface area contributed by atoms with Crippen molar-refractivity contribution in [2.24, 2.45) is 0 Å². The van der Waals surface area contributed by atoms with E-state index in [1.54, 1.807) is 0 Å². The van der Waals surface area contributed by atoms with Crippen LogP contribution < -0.4 is 14.8 Å². The highest BCUT2D eigenvalue weighted by Crippen LogP contribution is 2.32. The summed E-state index contributed by atoms with van der Waals surface area (Å²) in [6.07, 6.45) is 4.18. The summed E-state index contributed by atoms with van der Waals surface area (Å²) in [5, 5.41) is 12.3. The van der Waals surface area contributed by atoms with Gasteiger partial charge in [-0.05, 0) is 38.7 Å². The number of aliphatic hydroxyl groups excluding tert-OH is 1. The minimum Gasteiger partial charge on any atom is -0.490 e. The Balaban J connectivity index is 2.00. The van der Waals surface area contributed by atoms with Crippen molar-refractivity contribution >= 4 is 0 Å². The van der Waals surface area contributed by atoms with Crippen LogP contribution in [0.4, 0.5) is 0 Å². The standard InChI is InChI=1S/C16H25NO3/c1-2-19-15-7-5-6-13(12-17-14-8-9-14)16(15)20-11-4-3-10-18/h5-7,14,17-18H,2-4,8-12H2,1H3. The highest BCUT2D eigenvalue weighted by atomic mass is 16.5. The predicted octanol–water partition coefficient (Wildman–Crippen LogP) is 2.49. The van der Waals surface area contributed by atoms with E-state index in [1.807, 2.05) is 19.1 Å². The maximum Gasteiger partial charge on any atom is 0.165 e. The van der Waals surface area contributed by atoms with Crippen LogP contribution in [0.15, 0.2) is 18.2 Å². The second-order valence-corrected chi connectivity index (χ2v) is 5.11. The van der Waals surface area contributed by atoms with Crippen molar-refractivity contribution < 1.29 is 14.6 Å². The number of benzene rings is 1. The van der Waals surface area contributed by atoms with Crippen LogP contribution in [0.25, 0.3) is 0 Å². The van der Waals surface area contributed by atoms with E-state index in [0.717, 1.165) is 36.4 Å². The van der Waals surface area contributed by atoms with Crippen LogP contribution in [0.1, 0.15) is 38.2 Å². The molecule has 0 unspecified atom stereocenters. The molecule has 1 saturated carbocycles. The van der Waals surface area contributed by atoms with E-state index in [0.29, 0.717) is 19.3 Å². The summed E-state index contributed by atoms with van der Waals surface area (Å²) in [4.78, 5) is 0. The van der Waals surface area contributed by atoms with Gasteiger partial charge in [0.1, 0.15) is 0 Å². The van der Waals surface area contributed by atoms with Gasteiger partial charge in [-0.25, -0.2) is 0 Å². The van der Waals surface area contributed by atoms with Gasteiger partial charge in [-0.1, -0.05) is 12.1 Å². The lowest BCUT2D eigenvalue weighted by molar-refractivity contribution is 0.241. The lowest BCUT2D eigenvalue weighted by atomic mass is 10.2. The van der Waals surface area contributed by atoms with Gasteiger partial charge in [0.15, 0.2) is 11.5 Å². The molecule has 0 amide bonds. The second kappa shape index (κ2) is 8.12. The fourth-order valence-corrected chi connectivity index (χ4v) is 2.06. The molecule has 1 aliphatic carbocycles. The van der Waals surface area contributed by atoms with Crippen LogP contribution >= 0.6 is 0 Å². The van der Waals surface area contributed by atoms with Crippen molar-refractivity contribution in [2.75, 3.05) is 19.8 Å². The molecule has 4 heteroatoms. The van der Waals surface area contributed by atoms with Crippen LogP contribution in [0.2, 0.25) is 0 Å². The number of para-hydroxylation sites is 1. The topological polar surface area (TPSA) is 50.7 Å². The van der Waals surface area contributed by atoms with Gasteiger partial charge in [-0.15, -0.1) is 0 Å². The molecule has 2 rings (SSSR count). The summed E-state index contributed by atoms with van der Waals surface area (Å²) in [6.45, 7) is 4.26. The Kier molecular flexibility index (Phi) is 6.15. The van der Waals surface area contributed by atoms with Crippen molar-refractivity contribution in [3.05, 3.63) is 23.8 Å². The van der Waals surface area contributed by atoms with E-state index in [9.17, 15) is 0 Å². The Bertz CT molecular complexity index is 405. The number of ether oxygens (including phenoxy) is 2. The van der Waals surface area contributed by atoms with Crippen molar-refractivity contribution in [3.8, 4) is 11.5 Å². The smallest absolute Gasteiger partial charge is 0.165 e. The molecule has 0 aliphatic heterocycles. The molecular weight excluding hydrogens is 254 g/mol. The second-order valence-electron chi connectivity index (χ2n) is 5.11. The Hall–Kier alpha value is -1.26. The molecule has 0 bridgehead atoms.